The fourth-order valence-electron chi connectivity index (χ4n) is 1.89. The largest absolute Gasteiger partial charge is 0.394 e. The standard InChI is InChI=1S/C15H15Cl2NO/c16-12-6-7-14(17)13(8-12)15(10-19)18-9-11-4-2-1-3-5-11/h1-8,15,18-19H,9-10H2. The molecule has 2 aromatic carbocycles. The maximum absolute atomic E-state index is 9.51. The molecule has 2 aromatic rings. The zero-order chi connectivity index (χ0) is 13.7. The first-order valence-corrected chi connectivity index (χ1v) is 6.79. The van der Waals surface area contributed by atoms with Gasteiger partial charge in [0.25, 0.3) is 0 Å². The third-order valence-electron chi connectivity index (χ3n) is 2.91. The molecule has 0 fully saturated rings. The molecule has 2 rings (SSSR count). The van der Waals surface area contributed by atoms with Gasteiger partial charge in [0.05, 0.1) is 12.6 Å². The molecule has 1 unspecified atom stereocenters. The topological polar surface area (TPSA) is 32.3 Å². The third-order valence-corrected chi connectivity index (χ3v) is 3.49. The highest BCUT2D eigenvalue weighted by atomic mass is 35.5. The normalized spacial score (nSPS) is 12.4. The molecule has 0 aliphatic heterocycles. The van der Waals surface area contributed by atoms with Gasteiger partial charge < -0.3 is 10.4 Å². The van der Waals surface area contributed by atoms with E-state index in [2.05, 4.69) is 5.32 Å². The van der Waals surface area contributed by atoms with Crippen LogP contribution in [0.15, 0.2) is 48.5 Å². The first kappa shape index (κ1) is 14.4. The first-order valence-electron chi connectivity index (χ1n) is 6.04. The van der Waals surface area contributed by atoms with Gasteiger partial charge in [-0.1, -0.05) is 53.5 Å². The van der Waals surface area contributed by atoms with Gasteiger partial charge in [-0.05, 0) is 29.3 Å². The Morgan fingerprint density at radius 3 is 2.47 bits per heavy atom. The Morgan fingerprint density at radius 1 is 1.05 bits per heavy atom. The Labute approximate surface area is 123 Å². The van der Waals surface area contributed by atoms with Crippen LogP contribution in [-0.2, 0) is 6.54 Å². The van der Waals surface area contributed by atoms with Crippen molar-refractivity contribution < 1.29 is 5.11 Å². The Kier molecular flexibility index (Phi) is 5.23. The Hall–Kier alpha value is -1.06. The molecule has 2 nitrogen and oxygen atoms in total. The maximum atomic E-state index is 9.51. The van der Waals surface area contributed by atoms with Crippen LogP contribution in [0.5, 0.6) is 0 Å². The molecule has 19 heavy (non-hydrogen) atoms. The van der Waals surface area contributed by atoms with Crippen molar-refractivity contribution in [1.82, 2.24) is 5.32 Å². The lowest BCUT2D eigenvalue weighted by Gasteiger charge is -2.18. The van der Waals surface area contributed by atoms with Crippen LogP contribution in [0.2, 0.25) is 10.0 Å². The van der Waals surface area contributed by atoms with E-state index in [0.717, 1.165) is 11.1 Å². The number of nitrogens with one attached hydrogen (secondary N) is 1. The van der Waals surface area contributed by atoms with E-state index >= 15 is 0 Å². The number of benzene rings is 2. The lowest BCUT2D eigenvalue weighted by molar-refractivity contribution is 0.243. The second-order valence-corrected chi connectivity index (χ2v) is 5.11. The summed E-state index contributed by atoms with van der Waals surface area (Å²) in [4.78, 5) is 0. The summed E-state index contributed by atoms with van der Waals surface area (Å²) < 4.78 is 0. The molecule has 0 heterocycles. The van der Waals surface area contributed by atoms with Crippen molar-refractivity contribution in [3.8, 4) is 0 Å². The minimum absolute atomic E-state index is 0.0348. The molecular formula is C15H15Cl2NO. The summed E-state index contributed by atoms with van der Waals surface area (Å²) >= 11 is 12.1. The van der Waals surface area contributed by atoms with E-state index in [0.29, 0.717) is 16.6 Å². The van der Waals surface area contributed by atoms with Gasteiger partial charge in [0.1, 0.15) is 0 Å². The fourth-order valence-corrected chi connectivity index (χ4v) is 2.32. The molecule has 0 aliphatic rings. The SMILES string of the molecule is OCC(NCc1ccccc1)c1cc(Cl)ccc1Cl. The van der Waals surface area contributed by atoms with E-state index in [9.17, 15) is 5.11 Å². The van der Waals surface area contributed by atoms with E-state index < -0.39 is 0 Å². The Morgan fingerprint density at radius 2 is 1.79 bits per heavy atom. The van der Waals surface area contributed by atoms with E-state index in [4.69, 9.17) is 23.2 Å². The molecule has 0 radical (unpaired) electrons. The van der Waals surface area contributed by atoms with Crippen LogP contribution in [-0.4, -0.2) is 11.7 Å². The predicted molar refractivity (Wildman–Crippen MR) is 79.6 cm³/mol. The molecule has 0 aromatic heterocycles. The van der Waals surface area contributed by atoms with Crippen LogP contribution in [0.4, 0.5) is 0 Å². The van der Waals surface area contributed by atoms with Crippen molar-refractivity contribution in [3.05, 3.63) is 69.7 Å². The predicted octanol–water partition coefficient (Wildman–Crippen LogP) is 3.82. The summed E-state index contributed by atoms with van der Waals surface area (Å²) in [7, 11) is 0. The maximum Gasteiger partial charge on any atom is 0.0627 e. The van der Waals surface area contributed by atoms with Gasteiger partial charge in [-0.2, -0.15) is 0 Å². The molecule has 4 heteroatoms. The molecule has 0 bridgehead atoms. The molecule has 0 saturated heterocycles. The van der Waals surface area contributed by atoms with Crippen LogP contribution in [0, 0.1) is 0 Å². The van der Waals surface area contributed by atoms with Gasteiger partial charge >= 0.3 is 0 Å². The molecule has 100 valence electrons. The average Bonchev–Trinajstić information content (AvgIpc) is 2.44. The summed E-state index contributed by atoms with van der Waals surface area (Å²) in [6.07, 6.45) is 0. The van der Waals surface area contributed by atoms with Crippen LogP contribution in [0.1, 0.15) is 17.2 Å². The molecule has 0 aliphatic carbocycles. The smallest absolute Gasteiger partial charge is 0.0627 e. The van der Waals surface area contributed by atoms with E-state index in [1.807, 2.05) is 30.3 Å². The third kappa shape index (κ3) is 3.95. The van der Waals surface area contributed by atoms with Crippen molar-refractivity contribution in [2.75, 3.05) is 6.61 Å². The molecule has 2 N–H and O–H groups in total. The minimum Gasteiger partial charge on any atom is -0.394 e. The van der Waals surface area contributed by atoms with Crippen LogP contribution >= 0.6 is 23.2 Å². The number of hydrogen-bond donors (Lipinski definition) is 2. The summed E-state index contributed by atoms with van der Waals surface area (Å²) in [5.74, 6) is 0. The van der Waals surface area contributed by atoms with Gasteiger partial charge in [0.15, 0.2) is 0 Å². The van der Waals surface area contributed by atoms with Crippen LogP contribution < -0.4 is 5.32 Å². The second-order valence-electron chi connectivity index (χ2n) is 4.27. The van der Waals surface area contributed by atoms with Crippen LogP contribution in [0.25, 0.3) is 0 Å². The summed E-state index contributed by atoms with van der Waals surface area (Å²) in [5, 5.41) is 14.0. The average molecular weight is 296 g/mol. The van der Waals surface area contributed by atoms with Crippen molar-refractivity contribution in [1.29, 1.82) is 0 Å². The van der Waals surface area contributed by atoms with Gasteiger partial charge in [-0.25, -0.2) is 0 Å². The lowest BCUT2D eigenvalue weighted by Crippen LogP contribution is -2.24. The zero-order valence-corrected chi connectivity index (χ0v) is 11.8. The number of hydrogen-bond acceptors (Lipinski definition) is 2. The van der Waals surface area contributed by atoms with Gasteiger partial charge in [-0.3, -0.25) is 0 Å². The fraction of sp³-hybridized carbons (Fsp3) is 0.200. The monoisotopic (exact) mass is 295 g/mol. The lowest BCUT2D eigenvalue weighted by atomic mass is 10.1. The highest BCUT2D eigenvalue weighted by Crippen LogP contribution is 2.26. The number of aliphatic hydroxyl groups excluding tert-OH is 1. The first-order chi connectivity index (χ1) is 9.20. The number of halogens is 2. The van der Waals surface area contributed by atoms with Gasteiger partial charge in [0, 0.05) is 16.6 Å². The molecular weight excluding hydrogens is 281 g/mol. The van der Waals surface area contributed by atoms with Crippen molar-refractivity contribution in [2.45, 2.75) is 12.6 Å². The summed E-state index contributed by atoms with van der Waals surface area (Å²) in [6.45, 7) is 0.627. The summed E-state index contributed by atoms with van der Waals surface area (Å²) in [6, 6.07) is 15.0. The number of aliphatic hydroxyl groups is 1. The van der Waals surface area contributed by atoms with E-state index in [1.165, 1.54) is 0 Å². The van der Waals surface area contributed by atoms with Crippen molar-refractivity contribution >= 4 is 23.2 Å². The Bertz CT molecular complexity index is 531. The highest BCUT2D eigenvalue weighted by molar-refractivity contribution is 6.33. The van der Waals surface area contributed by atoms with Crippen molar-refractivity contribution in [3.63, 3.8) is 0 Å². The van der Waals surface area contributed by atoms with E-state index in [-0.39, 0.29) is 12.6 Å². The van der Waals surface area contributed by atoms with Crippen LogP contribution in [0.3, 0.4) is 0 Å². The molecule has 0 saturated carbocycles. The number of rotatable bonds is 5. The van der Waals surface area contributed by atoms with Gasteiger partial charge in [0.2, 0.25) is 0 Å². The second kappa shape index (κ2) is 6.92. The molecule has 1 atom stereocenters. The quantitative estimate of drug-likeness (QED) is 0.879. The molecule has 0 amide bonds. The molecule has 0 spiro atoms. The van der Waals surface area contributed by atoms with E-state index in [1.54, 1.807) is 18.2 Å². The summed E-state index contributed by atoms with van der Waals surface area (Å²) in [5.41, 5.74) is 1.96. The zero-order valence-electron chi connectivity index (χ0n) is 10.3. The Balaban J connectivity index is 2.10. The van der Waals surface area contributed by atoms with Crippen molar-refractivity contribution in [2.24, 2.45) is 0 Å². The highest BCUT2D eigenvalue weighted by Gasteiger charge is 2.13. The minimum atomic E-state index is -0.230. The van der Waals surface area contributed by atoms with Gasteiger partial charge in [-0.15, -0.1) is 0 Å².